The van der Waals surface area contributed by atoms with Crippen LogP contribution in [0.1, 0.15) is 24.5 Å². The summed E-state index contributed by atoms with van der Waals surface area (Å²) in [6.45, 7) is 2.91. The number of aromatic nitrogens is 2. The summed E-state index contributed by atoms with van der Waals surface area (Å²) in [6, 6.07) is -0.152. The first kappa shape index (κ1) is 11.7. The average molecular weight is 244 g/mol. The van der Waals surface area contributed by atoms with Crippen molar-refractivity contribution in [2.24, 2.45) is 5.73 Å². The van der Waals surface area contributed by atoms with Crippen LogP contribution in [0.25, 0.3) is 0 Å². The molecular formula is C9H16N4O2S. The first-order valence-corrected chi connectivity index (χ1v) is 6.09. The second kappa shape index (κ2) is 4.62. The van der Waals surface area contributed by atoms with E-state index in [-0.39, 0.29) is 6.04 Å². The number of β-amino-alcohol motifs (C(OH)–C–C–N with tert-alkyl or cyclic N) is 1. The fraction of sp³-hybridized carbons (Fsp3) is 0.778. The van der Waals surface area contributed by atoms with E-state index < -0.39 is 12.2 Å². The predicted octanol–water partition coefficient (Wildman–Crippen LogP) is -0.510. The van der Waals surface area contributed by atoms with Crippen LogP contribution >= 0.6 is 11.3 Å². The summed E-state index contributed by atoms with van der Waals surface area (Å²) in [6.07, 6.45) is -0.374. The monoisotopic (exact) mass is 244 g/mol. The lowest BCUT2D eigenvalue weighted by molar-refractivity contribution is 0.132. The number of nitrogens with two attached hydrogens (primary N) is 1. The molecule has 0 aliphatic carbocycles. The molecule has 3 atom stereocenters. The van der Waals surface area contributed by atoms with Crippen LogP contribution < -0.4 is 10.6 Å². The Morgan fingerprint density at radius 2 is 2.31 bits per heavy atom. The van der Waals surface area contributed by atoms with Crippen molar-refractivity contribution in [2.45, 2.75) is 31.6 Å². The lowest BCUT2D eigenvalue weighted by Crippen LogP contribution is -2.50. The maximum atomic E-state index is 9.67. The number of aliphatic hydroxyl groups excluding tert-OH is 2. The predicted molar refractivity (Wildman–Crippen MR) is 61.4 cm³/mol. The quantitative estimate of drug-likeness (QED) is 0.648. The van der Waals surface area contributed by atoms with Crippen LogP contribution in [0.15, 0.2) is 0 Å². The van der Waals surface area contributed by atoms with Crippen LogP contribution in [-0.2, 0) is 0 Å². The maximum Gasteiger partial charge on any atom is 0.208 e. The molecule has 0 radical (unpaired) electrons. The number of hydrogen-bond acceptors (Lipinski definition) is 7. The van der Waals surface area contributed by atoms with Gasteiger partial charge in [-0.05, 0) is 13.3 Å². The summed E-state index contributed by atoms with van der Waals surface area (Å²) in [7, 11) is 0. The van der Waals surface area contributed by atoms with Crippen LogP contribution in [0.3, 0.4) is 0 Å². The lowest BCUT2D eigenvalue weighted by atomic mass is 10.0. The molecule has 2 heterocycles. The Kier molecular flexibility index (Phi) is 3.38. The van der Waals surface area contributed by atoms with Gasteiger partial charge in [0.25, 0.3) is 0 Å². The van der Waals surface area contributed by atoms with Gasteiger partial charge in [-0.15, -0.1) is 10.2 Å². The van der Waals surface area contributed by atoms with Crippen LogP contribution in [0.4, 0.5) is 5.13 Å². The van der Waals surface area contributed by atoms with E-state index in [1.807, 2.05) is 4.90 Å². The van der Waals surface area contributed by atoms with Crippen molar-refractivity contribution in [1.29, 1.82) is 0 Å². The van der Waals surface area contributed by atoms with Crippen molar-refractivity contribution >= 4 is 16.5 Å². The topological polar surface area (TPSA) is 95.5 Å². The molecule has 90 valence electrons. The highest BCUT2D eigenvalue weighted by Gasteiger charge is 2.26. The third-order valence-corrected chi connectivity index (χ3v) is 3.85. The lowest BCUT2D eigenvalue weighted by Gasteiger charge is -2.33. The molecule has 1 aliphatic rings. The number of anilines is 1. The van der Waals surface area contributed by atoms with Gasteiger partial charge in [0.15, 0.2) is 0 Å². The van der Waals surface area contributed by atoms with E-state index in [2.05, 4.69) is 10.2 Å². The molecule has 16 heavy (non-hydrogen) atoms. The molecule has 1 fully saturated rings. The maximum absolute atomic E-state index is 9.67. The second-order valence-corrected chi connectivity index (χ2v) is 5.05. The fourth-order valence-electron chi connectivity index (χ4n) is 1.65. The minimum atomic E-state index is -0.594. The highest BCUT2D eigenvalue weighted by molar-refractivity contribution is 7.15. The highest BCUT2D eigenvalue weighted by atomic mass is 32.1. The molecule has 1 saturated heterocycles. The Hall–Kier alpha value is -0.760. The third kappa shape index (κ3) is 2.32. The minimum absolute atomic E-state index is 0.152. The smallest absolute Gasteiger partial charge is 0.208 e. The Morgan fingerprint density at radius 3 is 2.88 bits per heavy atom. The van der Waals surface area contributed by atoms with Crippen LogP contribution in [-0.4, -0.2) is 45.6 Å². The van der Waals surface area contributed by atoms with E-state index in [1.165, 1.54) is 11.3 Å². The van der Waals surface area contributed by atoms with Crippen molar-refractivity contribution < 1.29 is 10.2 Å². The highest BCUT2D eigenvalue weighted by Crippen LogP contribution is 2.26. The second-order valence-electron chi connectivity index (χ2n) is 4.06. The molecule has 0 amide bonds. The molecule has 1 aromatic rings. The van der Waals surface area contributed by atoms with Crippen molar-refractivity contribution in [3.8, 4) is 0 Å². The van der Waals surface area contributed by atoms with Crippen LogP contribution in [0, 0.1) is 0 Å². The number of aliphatic hydroxyl groups is 2. The first-order chi connectivity index (χ1) is 7.58. The van der Waals surface area contributed by atoms with Crippen LogP contribution in [0.5, 0.6) is 0 Å². The van der Waals surface area contributed by atoms with Gasteiger partial charge in [0, 0.05) is 19.1 Å². The summed E-state index contributed by atoms with van der Waals surface area (Å²) in [4.78, 5) is 1.96. The van der Waals surface area contributed by atoms with E-state index >= 15 is 0 Å². The van der Waals surface area contributed by atoms with Gasteiger partial charge in [0.2, 0.25) is 5.13 Å². The SMILES string of the molecule is CC(O)c1nnc(N2CCC(N)C(O)C2)s1. The largest absolute Gasteiger partial charge is 0.390 e. The molecule has 7 heteroatoms. The van der Waals surface area contributed by atoms with Gasteiger partial charge < -0.3 is 20.8 Å². The zero-order valence-electron chi connectivity index (χ0n) is 9.08. The van der Waals surface area contributed by atoms with Crippen molar-refractivity contribution in [1.82, 2.24) is 10.2 Å². The summed E-state index contributed by atoms with van der Waals surface area (Å²) < 4.78 is 0. The number of nitrogens with zero attached hydrogens (tertiary/aromatic N) is 3. The Labute approximate surface area is 97.7 Å². The number of rotatable bonds is 2. The molecule has 1 aromatic heterocycles. The minimum Gasteiger partial charge on any atom is -0.390 e. The van der Waals surface area contributed by atoms with Gasteiger partial charge in [0.1, 0.15) is 11.1 Å². The summed E-state index contributed by atoms with van der Waals surface area (Å²) in [5.41, 5.74) is 5.72. The van der Waals surface area contributed by atoms with E-state index in [0.29, 0.717) is 11.6 Å². The fourth-order valence-corrected chi connectivity index (χ4v) is 2.46. The van der Waals surface area contributed by atoms with Gasteiger partial charge in [-0.25, -0.2) is 0 Å². The Bertz CT molecular complexity index is 357. The molecule has 0 aromatic carbocycles. The van der Waals surface area contributed by atoms with E-state index in [9.17, 15) is 10.2 Å². The van der Waals surface area contributed by atoms with E-state index in [4.69, 9.17) is 5.73 Å². The van der Waals surface area contributed by atoms with E-state index in [1.54, 1.807) is 6.92 Å². The van der Waals surface area contributed by atoms with E-state index in [0.717, 1.165) is 18.1 Å². The molecule has 0 bridgehead atoms. The van der Waals surface area contributed by atoms with Gasteiger partial charge >= 0.3 is 0 Å². The third-order valence-electron chi connectivity index (χ3n) is 2.69. The van der Waals surface area contributed by atoms with Crippen molar-refractivity contribution in [3.05, 3.63) is 5.01 Å². The van der Waals surface area contributed by atoms with Crippen molar-refractivity contribution in [3.63, 3.8) is 0 Å². The van der Waals surface area contributed by atoms with Crippen molar-refractivity contribution in [2.75, 3.05) is 18.0 Å². The first-order valence-electron chi connectivity index (χ1n) is 5.28. The van der Waals surface area contributed by atoms with Gasteiger partial charge in [-0.2, -0.15) is 0 Å². The zero-order valence-corrected chi connectivity index (χ0v) is 9.89. The molecule has 0 saturated carbocycles. The molecule has 2 rings (SSSR count). The summed E-state index contributed by atoms with van der Waals surface area (Å²) >= 11 is 1.35. The number of hydrogen-bond donors (Lipinski definition) is 3. The number of piperidine rings is 1. The average Bonchev–Trinajstić information content (AvgIpc) is 2.71. The molecular weight excluding hydrogens is 228 g/mol. The molecule has 4 N–H and O–H groups in total. The van der Waals surface area contributed by atoms with Crippen LogP contribution in [0.2, 0.25) is 0 Å². The molecule has 3 unspecified atom stereocenters. The molecule has 0 spiro atoms. The van der Waals surface area contributed by atoms with Gasteiger partial charge in [0.05, 0.1) is 6.10 Å². The Balaban J connectivity index is 2.07. The normalized spacial score (nSPS) is 28.1. The van der Waals surface area contributed by atoms with Gasteiger partial charge in [-0.3, -0.25) is 0 Å². The zero-order chi connectivity index (χ0) is 11.7. The molecule has 6 nitrogen and oxygen atoms in total. The summed E-state index contributed by atoms with van der Waals surface area (Å²) in [5, 5.41) is 28.3. The summed E-state index contributed by atoms with van der Waals surface area (Å²) in [5.74, 6) is 0. The molecule has 1 aliphatic heterocycles. The van der Waals surface area contributed by atoms with Gasteiger partial charge in [-0.1, -0.05) is 11.3 Å². The Morgan fingerprint density at radius 1 is 1.56 bits per heavy atom. The standard InChI is InChI=1S/C9H16N4O2S/c1-5(14)8-11-12-9(16-8)13-3-2-6(10)7(15)4-13/h5-7,14-15H,2-4,10H2,1H3.